The maximum atomic E-state index is 5.93. The van der Waals surface area contributed by atoms with Crippen LogP contribution in [0.25, 0.3) is 0 Å². The summed E-state index contributed by atoms with van der Waals surface area (Å²) in [6, 6.07) is 0.295. The predicted octanol–water partition coefficient (Wildman–Crippen LogP) is 0.226. The van der Waals surface area contributed by atoms with Gasteiger partial charge in [-0.15, -0.1) is 5.10 Å². The van der Waals surface area contributed by atoms with Crippen molar-refractivity contribution in [3.63, 3.8) is 0 Å². The zero-order valence-electron chi connectivity index (χ0n) is 8.56. The number of aryl methyl sites for hydroxylation is 1. The standard InChI is InChI=1S/C9H17N5/c1-2-14-9(6-11-12-14)13-5-3-4-8(10)7-13/h6,8H,2-5,7,10H2,1H3/t8-/m1/s1. The number of hydrogen-bond acceptors (Lipinski definition) is 4. The third-order valence-corrected chi connectivity index (χ3v) is 2.68. The minimum Gasteiger partial charge on any atom is -0.354 e. The van der Waals surface area contributed by atoms with Gasteiger partial charge in [-0.2, -0.15) is 0 Å². The molecular weight excluding hydrogens is 178 g/mol. The molecule has 1 aliphatic rings. The molecule has 1 aliphatic heterocycles. The number of nitrogens with two attached hydrogens (primary N) is 1. The first kappa shape index (κ1) is 9.45. The van der Waals surface area contributed by atoms with Crippen molar-refractivity contribution in [2.75, 3.05) is 18.0 Å². The Kier molecular flexibility index (Phi) is 2.67. The summed E-state index contributed by atoms with van der Waals surface area (Å²) >= 11 is 0. The van der Waals surface area contributed by atoms with E-state index in [0.717, 1.165) is 38.3 Å². The Labute approximate surface area is 83.9 Å². The molecule has 78 valence electrons. The lowest BCUT2D eigenvalue weighted by Gasteiger charge is -2.31. The highest BCUT2D eigenvalue weighted by Crippen LogP contribution is 2.17. The van der Waals surface area contributed by atoms with Gasteiger partial charge in [0.05, 0.1) is 6.20 Å². The monoisotopic (exact) mass is 195 g/mol. The second-order valence-corrected chi connectivity index (χ2v) is 3.76. The number of nitrogens with zero attached hydrogens (tertiary/aromatic N) is 4. The van der Waals surface area contributed by atoms with E-state index in [1.165, 1.54) is 0 Å². The topological polar surface area (TPSA) is 60.0 Å². The molecule has 0 amide bonds. The maximum Gasteiger partial charge on any atom is 0.147 e. The van der Waals surface area contributed by atoms with Gasteiger partial charge in [0.15, 0.2) is 0 Å². The second-order valence-electron chi connectivity index (χ2n) is 3.76. The fourth-order valence-electron chi connectivity index (χ4n) is 1.94. The average molecular weight is 195 g/mol. The smallest absolute Gasteiger partial charge is 0.147 e. The Hall–Kier alpha value is -1.10. The van der Waals surface area contributed by atoms with Gasteiger partial charge in [0.25, 0.3) is 0 Å². The van der Waals surface area contributed by atoms with Crippen LogP contribution in [0.5, 0.6) is 0 Å². The zero-order valence-corrected chi connectivity index (χ0v) is 8.56. The lowest BCUT2D eigenvalue weighted by Crippen LogP contribution is -2.43. The van der Waals surface area contributed by atoms with Gasteiger partial charge < -0.3 is 10.6 Å². The quantitative estimate of drug-likeness (QED) is 0.733. The lowest BCUT2D eigenvalue weighted by atomic mass is 10.1. The molecule has 1 aromatic heterocycles. The van der Waals surface area contributed by atoms with Gasteiger partial charge in [0, 0.05) is 25.7 Å². The van der Waals surface area contributed by atoms with Crippen molar-refractivity contribution in [1.82, 2.24) is 15.0 Å². The Morgan fingerprint density at radius 3 is 3.21 bits per heavy atom. The molecule has 5 nitrogen and oxygen atoms in total. The number of anilines is 1. The first-order chi connectivity index (χ1) is 6.81. The van der Waals surface area contributed by atoms with Crippen LogP contribution in [0.1, 0.15) is 19.8 Å². The molecule has 14 heavy (non-hydrogen) atoms. The van der Waals surface area contributed by atoms with Crippen molar-refractivity contribution >= 4 is 5.82 Å². The normalized spacial score (nSPS) is 22.7. The number of rotatable bonds is 2. The summed E-state index contributed by atoms with van der Waals surface area (Å²) in [5.74, 6) is 1.10. The maximum absolute atomic E-state index is 5.93. The molecule has 1 fully saturated rings. The third-order valence-electron chi connectivity index (χ3n) is 2.68. The van der Waals surface area contributed by atoms with E-state index in [1.807, 2.05) is 10.9 Å². The second kappa shape index (κ2) is 3.96. The van der Waals surface area contributed by atoms with Gasteiger partial charge in [-0.05, 0) is 19.8 Å². The van der Waals surface area contributed by atoms with Crippen LogP contribution in [0.15, 0.2) is 6.20 Å². The first-order valence-corrected chi connectivity index (χ1v) is 5.20. The van der Waals surface area contributed by atoms with E-state index in [2.05, 4.69) is 22.1 Å². The van der Waals surface area contributed by atoms with Gasteiger partial charge in [-0.25, -0.2) is 4.68 Å². The molecule has 2 heterocycles. The summed E-state index contributed by atoms with van der Waals surface area (Å²) in [7, 11) is 0. The van der Waals surface area contributed by atoms with Crippen molar-refractivity contribution in [2.24, 2.45) is 5.73 Å². The summed E-state index contributed by atoms with van der Waals surface area (Å²) in [6.07, 6.45) is 4.11. The summed E-state index contributed by atoms with van der Waals surface area (Å²) in [5.41, 5.74) is 5.93. The van der Waals surface area contributed by atoms with Crippen LogP contribution in [0.3, 0.4) is 0 Å². The van der Waals surface area contributed by atoms with E-state index in [-0.39, 0.29) is 0 Å². The van der Waals surface area contributed by atoms with E-state index < -0.39 is 0 Å². The first-order valence-electron chi connectivity index (χ1n) is 5.20. The van der Waals surface area contributed by atoms with Crippen LogP contribution in [0.2, 0.25) is 0 Å². The molecule has 0 spiro atoms. The van der Waals surface area contributed by atoms with Crippen LogP contribution in [-0.2, 0) is 6.54 Å². The number of aromatic nitrogens is 3. The van der Waals surface area contributed by atoms with Gasteiger partial charge in [0.2, 0.25) is 0 Å². The summed E-state index contributed by atoms with van der Waals surface area (Å²) in [4.78, 5) is 2.28. The summed E-state index contributed by atoms with van der Waals surface area (Å²) in [6.45, 7) is 4.93. The Balaban J connectivity index is 2.13. The van der Waals surface area contributed by atoms with Crippen LogP contribution < -0.4 is 10.6 Å². The zero-order chi connectivity index (χ0) is 9.97. The molecular formula is C9H17N5. The summed E-state index contributed by atoms with van der Waals surface area (Å²) < 4.78 is 1.91. The minimum absolute atomic E-state index is 0.295. The highest BCUT2D eigenvalue weighted by atomic mass is 15.5. The van der Waals surface area contributed by atoms with Crippen LogP contribution in [0.4, 0.5) is 5.82 Å². The van der Waals surface area contributed by atoms with E-state index >= 15 is 0 Å². The van der Waals surface area contributed by atoms with Crippen LogP contribution in [-0.4, -0.2) is 34.1 Å². The van der Waals surface area contributed by atoms with Gasteiger partial charge >= 0.3 is 0 Å². The highest BCUT2D eigenvalue weighted by molar-refractivity contribution is 5.36. The van der Waals surface area contributed by atoms with Gasteiger partial charge in [-0.1, -0.05) is 5.21 Å². The Morgan fingerprint density at radius 1 is 1.64 bits per heavy atom. The molecule has 2 N–H and O–H groups in total. The summed E-state index contributed by atoms with van der Waals surface area (Å²) in [5, 5.41) is 7.94. The van der Waals surface area contributed by atoms with Crippen molar-refractivity contribution in [2.45, 2.75) is 32.4 Å². The van der Waals surface area contributed by atoms with E-state index in [9.17, 15) is 0 Å². The molecule has 0 radical (unpaired) electrons. The molecule has 0 aliphatic carbocycles. The van der Waals surface area contributed by atoms with E-state index in [4.69, 9.17) is 5.73 Å². The lowest BCUT2D eigenvalue weighted by molar-refractivity contribution is 0.491. The molecule has 1 saturated heterocycles. The highest BCUT2D eigenvalue weighted by Gasteiger charge is 2.19. The Morgan fingerprint density at radius 2 is 2.50 bits per heavy atom. The van der Waals surface area contributed by atoms with Crippen molar-refractivity contribution in [3.05, 3.63) is 6.20 Å². The molecule has 0 bridgehead atoms. The fourth-order valence-corrected chi connectivity index (χ4v) is 1.94. The third kappa shape index (κ3) is 1.72. The van der Waals surface area contributed by atoms with Gasteiger partial charge in [0.1, 0.15) is 5.82 Å². The SMILES string of the molecule is CCn1nncc1N1CCC[C@@H](N)C1. The van der Waals surface area contributed by atoms with Crippen LogP contribution in [0, 0.1) is 0 Å². The largest absolute Gasteiger partial charge is 0.354 e. The fraction of sp³-hybridized carbons (Fsp3) is 0.778. The Bertz CT molecular complexity index is 295. The molecule has 0 unspecified atom stereocenters. The van der Waals surface area contributed by atoms with Crippen LogP contribution >= 0.6 is 0 Å². The molecule has 1 aromatic rings. The molecule has 2 rings (SSSR count). The van der Waals surface area contributed by atoms with E-state index in [1.54, 1.807) is 0 Å². The molecule has 0 aromatic carbocycles. The minimum atomic E-state index is 0.295. The van der Waals surface area contributed by atoms with Crippen molar-refractivity contribution < 1.29 is 0 Å². The number of piperidine rings is 1. The number of hydrogen-bond donors (Lipinski definition) is 1. The molecule has 5 heteroatoms. The van der Waals surface area contributed by atoms with E-state index in [0.29, 0.717) is 6.04 Å². The van der Waals surface area contributed by atoms with Gasteiger partial charge in [-0.3, -0.25) is 0 Å². The predicted molar refractivity (Wildman–Crippen MR) is 55.1 cm³/mol. The van der Waals surface area contributed by atoms with Crippen molar-refractivity contribution in [1.29, 1.82) is 0 Å². The molecule has 1 atom stereocenters. The van der Waals surface area contributed by atoms with Crippen molar-refractivity contribution in [3.8, 4) is 0 Å². The average Bonchev–Trinajstić information content (AvgIpc) is 2.65. The molecule has 0 saturated carbocycles.